The van der Waals surface area contributed by atoms with Crippen LogP contribution in [0.2, 0.25) is 0 Å². The van der Waals surface area contributed by atoms with Crippen LogP contribution in [0.5, 0.6) is 11.5 Å². The van der Waals surface area contributed by atoms with Crippen molar-refractivity contribution in [1.29, 1.82) is 0 Å². The summed E-state index contributed by atoms with van der Waals surface area (Å²) in [6, 6.07) is 20.6. The summed E-state index contributed by atoms with van der Waals surface area (Å²) in [5, 5.41) is 14.9. The molecule has 0 spiro atoms. The summed E-state index contributed by atoms with van der Waals surface area (Å²) in [6.07, 6.45) is 0. The molecule has 0 aliphatic rings. The number of ketones is 1. The third-order valence-corrected chi connectivity index (χ3v) is 5.76. The molecule has 0 bridgehead atoms. The van der Waals surface area contributed by atoms with E-state index < -0.39 is 5.91 Å². The van der Waals surface area contributed by atoms with Crippen molar-refractivity contribution in [3.63, 3.8) is 0 Å². The van der Waals surface area contributed by atoms with Gasteiger partial charge in [-0.1, -0.05) is 24.3 Å². The zero-order valence-corrected chi connectivity index (χ0v) is 20.2. The molecule has 0 saturated heterocycles. The van der Waals surface area contributed by atoms with Gasteiger partial charge in [0, 0.05) is 23.1 Å². The highest BCUT2D eigenvalue weighted by atomic mass is 16.5. The predicted molar refractivity (Wildman–Crippen MR) is 135 cm³/mol. The number of ether oxygens (including phenoxy) is 2. The van der Waals surface area contributed by atoms with Crippen LogP contribution in [0.4, 0.5) is 5.69 Å². The van der Waals surface area contributed by atoms with E-state index in [9.17, 15) is 9.59 Å². The van der Waals surface area contributed by atoms with Crippen LogP contribution in [-0.4, -0.2) is 39.0 Å². The molecule has 3 aromatic carbocycles. The van der Waals surface area contributed by atoms with Crippen molar-refractivity contribution in [2.45, 2.75) is 20.1 Å². The summed E-state index contributed by atoms with van der Waals surface area (Å²) in [7, 11) is 1.53. The van der Waals surface area contributed by atoms with Gasteiger partial charge in [0.1, 0.15) is 23.7 Å². The van der Waals surface area contributed by atoms with Gasteiger partial charge in [-0.25, -0.2) is 4.68 Å². The van der Waals surface area contributed by atoms with Crippen LogP contribution in [0, 0.1) is 0 Å². The number of carbonyl (C=O) groups is 2. The molecule has 10 heteroatoms. The summed E-state index contributed by atoms with van der Waals surface area (Å²) >= 11 is 0. The fourth-order valence-corrected chi connectivity index (χ4v) is 3.83. The van der Waals surface area contributed by atoms with Gasteiger partial charge in [-0.05, 0) is 65.9 Å². The van der Waals surface area contributed by atoms with Gasteiger partial charge in [-0.3, -0.25) is 9.59 Å². The van der Waals surface area contributed by atoms with Crippen LogP contribution < -0.4 is 14.8 Å². The Morgan fingerprint density at radius 1 is 0.973 bits per heavy atom. The molecule has 2 heterocycles. The second-order valence-electron chi connectivity index (χ2n) is 8.04. The van der Waals surface area contributed by atoms with Crippen molar-refractivity contribution in [2.75, 3.05) is 12.4 Å². The number of nitrogens with zero attached hydrogens (tertiary/aromatic N) is 4. The highest BCUT2D eigenvalue weighted by Gasteiger charge is 2.24. The molecule has 5 rings (SSSR count). The number of hydrogen-bond acceptors (Lipinski definition) is 8. The molecule has 0 saturated carbocycles. The highest BCUT2D eigenvalue weighted by molar-refractivity contribution is 6.19. The lowest BCUT2D eigenvalue weighted by atomic mass is 10.1. The summed E-state index contributed by atoms with van der Waals surface area (Å²) in [5.41, 5.74) is 1.56. The number of tetrazole rings is 1. The molecular formula is C27H23N5O5. The van der Waals surface area contributed by atoms with Crippen LogP contribution in [0.3, 0.4) is 0 Å². The van der Waals surface area contributed by atoms with Crippen LogP contribution in [0.15, 0.2) is 77.2 Å². The Bertz CT molecular complexity index is 1570. The molecule has 0 unspecified atom stereocenters. The Labute approximate surface area is 211 Å². The largest absolute Gasteiger partial charge is 0.497 e. The van der Waals surface area contributed by atoms with Crippen molar-refractivity contribution in [2.24, 2.45) is 0 Å². The Morgan fingerprint density at radius 2 is 1.78 bits per heavy atom. The average molecular weight is 498 g/mol. The van der Waals surface area contributed by atoms with Crippen molar-refractivity contribution in [3.05, 3.63) is 95.5 Å². The van der Waals surface area contributed by atoms with Gasteiger partial charge in [0.15, 0.2) is 11.6 Å². The molecule has 1 N–H and O–H groups in total. The first-order valence-electron chi connectivity index (χ1n) is 11.6. The molecule has 0 aliphatic carbocycles. The molecule has 2 aromatic heterocycles. The minimum Gasteiger partial charge on any atom is -0.497 e. The fraction of sp³-hybridized carbons (Fsp3) is 0.148. The number of aryl methyl sites for hydroxylation is 1. The Morgan fingerprint density at radius 3 is 2.57 bits per heavy atom. The number of furan rings is 1. The van der Waals surface area contributed by atoms with E-state index in [4.69, 9.17) is 13.9 Å². The first-order chi connectivity index (χ1) is 18.1. The zero-order valence-electron chi connectivity index (χ0n) is 20.2. The van der Waals surface area contributed by atoms with Gasteiger partial charge in [0.05, 0.1) is 12.8 Å². The minimum atomic E-state index is -0.396. The fourth-order valence-electron chi connectivity index (χ4n) is 3.83. The number of rotatable bonds is 9. The summed E-state index contributed by atoms with van der Waals surface area (Å²) in [5.74, 6) is 0.975. The summed E-state index contributed by atoms with van der Waals surface area (Å²) in [6.45, 7) is 2.77. The normalized spacial score (nSPS) is 10.9. The van der Waals surface area contributed by atoms with Gasteiger partial charge in [0.25, 0.3) is 5.91 Å². The monoisotopic (exact) mass is 497 g/mol. The number of amides is 1. The number of fused-ring (bicyclic) bond motifs is 1. The Hall–Kier alpha value is -4.99. The number of anilines is 1. The van der Waals surface area contributed by atoms with Crippen molar-refractivity contribution < 1.29 is 23.5 Å². The van der Waals surface area contributed by atoms with Gasteiger partial charge >= 0.3 is 0 Å². The van der Waals surface area contributed by atoms with E-state index in [2.05, 4.69) is 20.8 Å². The first kappa shape index (κ1) is 23.7. The Kier molecular flexibility index (Phi) is 6.62. The van der Waals surface area contributed by atoms with Crippen molar-refractivity contribution in [3.8, 4) is 11.5 Å². The zero-order chi connectivity index (χ0) is 25.8. The topological polar surface area (TPSA) is 121 Å². The number of hydrogen-bond donors (Lipinski definition) is 1. The number of benzene rings is 3. The van der Waals surface area contributed by atoms with Gasteiger partial charge in [-0.15, -0.1) is 5.10 Å². The van der Waals surface area contributed by atoms with E-state index in [0.717, 1.165) is 0 Å². The number of methoxy groups -OCH3 is 1. The second kappa shape index (κ2) is 10.3. The maximum atomic E-state index is 13.3. The van der Waals surface area contributed by atoms with Crippen LogP contribution in [-0.2, 0) is 13.2 Å². The molecule has 0 aliphatic heterocycles. The first-order valence-corrected chi connectivity index (χ1v) is 11.6. The van der Waals surface area contributed by atoms with Gasteiger partial charge in [-0.2, -0.15) is 0 Å². The van der Waals surface area contributed by atoms with Crippen LogP contribution in [0.25, 0.3) is 11.0 Å². The quantitative estimate of drug-likeness (QED) is 0.295. The maximum absolute atomic E-state index is 13.3. The van der Waals surface area contributed by atoms with Crippen LogP contribution in [0.1, 0.15) is 39.2 Å². The number of carbonyl (C=O) groups excluding carboxylic acids is 2. The average Bonchev–Trinajstić information content (AvgIpc) is 3.56. The molecule has 0 atom stereocenters. The lowest BCUT2D eigenvalue weighted by Gasteiger charge is -2.09. The Balaban J connectivity index is 1.37. The van der Waals surface area contributed by atoms with E-state index in [1.807, 2.05) is 13.0 Å². The van der Waals surface area contributed by atoms with Gasteiger partial charge < -0.3 is 19.2 Å². The second-order valence-corrected chi connectivity index (χ2v) is 8.04. The third-order valence-electron chi connectivity index (χ3n) is 5.76. The molecule has 1 amide bonds. The SMILES string of the molecule is CCn1nnnc1COc1ccc(C(=O)Nc2c(C(=O)c3cccc(OC)c3)oc3ccccc23)cc1. The van der Waals surface area contributed by atoms with E-state index in [0.29, 0.717) is 51.7 Å². The highest BCUT2D eigenvalue weighted by Crippen LogP contribution is 2.33. The molecule has 0 fully saturated rings. The molecule has 5 aromatic rings. The van der Waals surface area contributed by atoms with Crippen LogP contribution >= 0.6 is 0 Å². The van der Waals surface area contributed by atoms with Crippen molar-refractivity contribution in [1.82, 2.24) is 20.2 Å². The summed E-state index contributed by atoms with van der Waals surface area (Å²) in [4.78, 5) is 26.5. The van der Waals surface area contributed by atoms with Crippen molar-refractivity contribution >= 4 is 28.3 Å². The molecule has 37 heavy (non-hydrogen) atoms. The molecule has 10 nitrogen and oxygen atoms in total. The predicted octanol–water partition coefficient (Wildman–Crippen LogP) is 4.51. The number of para-hydroxylation sites is 1. The minimum absolute atomic E-state index is 0.0383. The van der Waals surface area contributed by atoms with E-state index in [1.165, 1.54) is 7.11 Å². The number of nitrogens with one attached hydrogen (secondary N) is 1. The molecular weight excluding hydrogens is 474 g/mol. The lowest BCUT2D eigenvalue weighted by Crippen LogP contribution is -2.14. The summed E-state index contributed by atoms with van der Waals surface area (Å²) < 4.78 is 18.5. The van der Waals surface area contributed by atoms with E-state index in [1.54, 1.807) is 71.4 Å². The standard InChI is InChI=1S/C27H23N5O5/c1-3-32-23(29-30-31-32)16-36-19-13-11-17(12-14-19)27(34)28-24-21-9-4-5-10-22(21)37-26(24)25(33)18-7-6-8-20(15-18)35-2/h4-15H,3,16H2,1-2H3,(H,28,34). The molecule has 0 radical (unpaired) electrons. The van der Waals surface area contributed by atoms with Gasteiger partial charge in [0.2, 0.25) is 5.78 Å². The maximum Gasteiger partial charge on any atom is 0.255 e. The molecule has 186 valence electrons. The van der Waals surface area contributed by atoms with E-state index >= 15 is 0 Å². The smallest absolute Gasteiger partial charge is 0.255 e. The third kappa shape index (κ3) is 4.90. The lowest BCUT2D eigenvalue weighted by molar-refractivity contribution is 0.101. The van der Waals surface area contributed by atoms with E-state index in [-0.39, 0.29) is 18.2 Å². The number of aromatic nitrogens is 4.